The smallest absolute Gasteiger partial charge is 0.284 e. The summed E-state index contributed by atoms with van der Waals surface area (Å²) in [5, 5.41) is 3.08. The number of rotatable bonds is 2. The van der Waals surface area contributed by atoms with Crippen LogP contribution in [0.4, 0.5) is 0 Å². The van der Waals surface area contributed by atoms with E-state index >= 15 is 0 Å². The van der Waals surface area contributed by atoms with Crippen molar-refractivity contribution >= 4 is 6.02 Å². The minimum absolute atomic E-state index is 0.730. The van der Waals surface area contributed by atoms with Gasteiger partial charge in [-0.05, 0) is 12.8 Å². The second-order valence-corrected chi connectivity index (χ2v) is 2.32. The van der Waals surface area contributed by atoms with Crippen molar-refractivity contribution in [3.63, 3.8) is 0 Å². The fourth-order valence-corrected chi connectivity index (χ4v) is 0.806. The number of hydrogen-bond acceptors (Lipinski definition) is 3. The summed E-state index contributed by atoms with van der Waals surface area (Å²) in [6.45, 7) is 4.77. The molecular weight excluding hydrogens is 128 g/mol. The Bertz CT molecular complexity index is 123. The van der Waals surface area contributed by atoms with Gasteiger partial charge >= 0.3 is 0 Å². The largest absolute Gasteiger partial charge is 0.465 e. The minimum atomic E-state index is 0.730. The third-order valence-electron chi connectivity index (χ3n) is 1.31. The molecule has 10 heavy (non-hydrogen) atoms. The zero-order valence-corrected chi connectivity index (χ0v) is 6.39. The van der Waals surface area contributed by atoms with Crippen LogP contribution in [0.2, 0.25) is 0 Å². The summed E-state index contributed by atoms with van der Waals surface area (Å²) in [6, 6.07) is 0.730. The maximum absolute atomic E-state index is 5.27. The van der Waals surface area contributed by atoms with Crippen molar-refractivity contribution in [2.75, 3.05) is 19.7 Å². The predicted octanol–water partition coefficient (Wildman–Crippen LogP) is 0.762. The third kappa shape index (κ3) is 2.25. The molecule has 0 unspecified atom stereocenters. The molecule has 1 heterocycles. The van der Waals surface area contributed by atoms with Gasteiger partial charge in [-0.1, -0.05) is 6.92 Å². The normalized spacial score (nSPS) is 17.5. The molecule has 0 fully saturated rings. The summed E-state index contributed by atoms with van der Waals surface area (Å²) in [5.74, 6) is 0. The van der Waals surface area contributed by atoms with E-state index in [9.17, 15) is 0 Å². The number of nitrogens with one attached hydrogen (secondary N) is 1. The Morgan fingerprint density at radius 1 is 1.70 bits per heavy atom. The Morgan fingerprint density at radius 3 is 3.20 bits per heavy atom. The highest BCUT2D eigenvalue weighted by Gasteiger charge is 2.02. The van der Waals surface area contributed by atoms with Crippen LogP contribution in [0.1, 0.15) is 19.8 Å². The molecule has 0 atom stereocenters. The molecule has 3 heteroatoms. The van der Waals surface area contributed by atoms with Crippen LogP contribution in [0.3, 0.4) is 0 Å². The Morgan fingerprint density at radius 2 is 2.60 bits per heavy atom. The SMILES string of the molecule is CCCOC1=NCCCN1. The van der Waals surface area contributed by atoms with E-state index in [0.29, 0.717) is 0 Å². The van der Waals surface area contributed by atoms with Gasteiger partial charge in [0.1, 0.15) is 0 Å². The van der Waals surface area contributed by atoms with E-state index < -0.39 is 0 Å². The zero-order valence-electron chi connectivity index (χ0n) is 6.39. The predicted molar refractivity (Wildman–Crippen MR) is 41.2 cm³/mol. The van der Waals surface area contributed by atoms with Gasteiger partial charge in [0.25, 0.3) is 6.02 Å². The maximum Gasteiger partial charge on any atom is 0.284 e. The maximum atomic E-state index is 5.27. The van der Waals surface area contributed by atoms with Crippen LogP contribution in [0.15, 0.2) is 4.99 Å². The van der Waals surface area contributed by atoms with Gasteiger partial charge in [-0.2, -0.15) is 0 Å². The van der Waals surface area contributed by atoms with Gasteiger partial charge < -0.3 is 10.1 Å². The number of nitrogens with zero attached hydrogens (tertiary/aromatic N) is 1. The lowest BCUT2D eigenvalue weighted by atomic mass is 10.4. The van der Waals surface area contributed by atoms with Crippen LogP contribution in [-0.4, -0.2) is 25.7 Å². The topological polar surface area (TPSA) is 33.6 Å². The Hall–Kier alpha value is -0.730. The molecule has 0 aromatic heterocycles. The van der Waals surface area contributed by atoms with Crippen molar-refractivity contribution in [2.24, 2.45) is 4.99 Å². The number of hydrogen-bond donors (Lipinski definition) is 1. The van der Waals surface area contributed by atoms with E-state index in [4.69, 9.17) is 4.74 Å². The van der Waals surface area contributed by atoms with Crippen LogP contribution >= 0.6 is 0 Å². The number of aliphatic imine (C=N–C) groups is 1. The second-order valence-electron chi connectivity index (χ2n) is 2.32. The molecule has 0 saturated carbocycles. The van der Waals surface area contributed by atoms with Crippen LogP contribution in [-0.2, 0) is 4.74 Å². The van der Waals surface area contributed by atoms with E-state index in [1.165, 1.54) is 0 Å². The van der Waals surface area contributed by atoms with Crippen LogP contribution in [0.25, 0.3) is 0 Å². The van der Waals surface area contributed by atoms with Gasteiger partial charge in [0.15, 0.2) is 0 Å². The molecule has 58 valence electrons. The molecule has 0 bridgehead atoms. The molecule has 0 aliphatic carbocycles. The van der Waals surface area contributed by atoms with Gasteiger partial charge in [-0.25, -0.2) is 4.99 Å². The molecule has 0 spiro atoms. The molecule has 1 N–H and O–H groups in total. The van der Waals surface area contributed by atoms with Gasteiger partial charge in [0.05, 0.1) is 6.61 Å². The lowest BCUT2D eigenvalue weighted by Crippen LogP contribution is -2.31. The Labute approximate surface area is 61.5 Å². The third-order valence-corrected chi connectivity index (χ3v) is 1.31. The van der Waals surface area contributed by atoms with Crippen molar-refractivity contribution in [3.05, 3.63) is 0 Å². The van der Waals surface area contributed by atoms with Gasteiger partial charge in [0, 0.05) is 13.1 Å². The molecule has 1 aliphatic heterocycles. The van der Waals surface area contributed by atoms with Gasteiger partial charge in [-0.3, -0.25) is 0 Å². The van der Waals surface area contributed by atoms with E-state index in [1.54, 1.807) is 0 Å². The van der Waals surface area contributed by atoms with Crippen LogP contribution < -0.4 is 5.32 Å². The fraction of sp³-hybridized carbons (Fsp3) is 0.857. The van der Waals surface area contributed by atoms with Crippen molar-refractivity contribution in [3.8, 4) is 0 Å². The first-order chi connectivity index (χ1) is 4.93. The molecule has 0 amide bonds. The van der Waals surface area contributed by atoms with E-state index in [1.807, 2.05) is 0 Å². The molecule has 0 aromatic rings. The quantitative estimate of drug-likeness (QED) is 0.617. The lowest BCUT2D eigenvalue weighted by molar-refractivity contribution is 0.283. The molecule has 0 radical (unpaired) electrons. The highest BCUT2D eigenvalue weighted by Crippen LogP contribution is 1.91. The standard InChI is InChI=1S/C7H14N2O/c1-2-6-10-7-8-4-3-5-9-7/h2-6H2,1H3,(H,8,9). The minimum Gasteiger partial charge on any atom is -0.465 e. The highest BCUT2D eigenvalue weighted by atomic mass is 16.5. The summed E-state index contributed by atoms with van der Waals surface area (Å²) >= 11 is 0. The number of amidine groups is 1. The Kier molecular flexibility index (Phi) is 3.06. The molecule has 0 saturated heterocycles. The molecule has 0 aromatic carbocycles. The van der Waals surface area contributed by atoms with E-state index in [-0.39, 0.29) is 0 Å². The highest BCUT2D eigenvalue weighted by molar-refractivity contribution is 5.73. The van der Waals surface area contributed by atoms with Gasteiger partial charge in [0.2, 0.25) is 0 Å². The Balaban J connectivity index is 2.18. The first-order valence-corrected chi connectivity index (χ1v) is 3.84. The van der Waals surface area contributed by atoms with Crippen molar-refractivity contribution < 1.29 is 4.74 Å². The average Bonchev–Trinajstić information content (AvgIpc) is 2.03. The zero-order chi connectivity index (χ0) is 7.23. The van der Waals surface area contributed by atoms with Crippen LogP contribution in [0.5, 0.6) is 0 Å². The summed E-state index contributed by atoms with van der Waals surface area (Å²) in [7, 11) is 0. The van der Waals surface area contributed by atoms with Crippen molar-refractivity contribution in [2.45, 2.75) is 19.8 Å². The summed E-state index contributed by atoms with van der Waals surface area (Å²) in [5.41, 5.74) is 0. The van der Waals surface area contributed by atoms with Crippen LogP contribution in [0, 0.1) is 0 Å². The van der Waals surface area contributed by atoms with Crippen molar-refractivity contribution in [1.29, 1.82) is 0 Å². The molecule has 1 rings (SSSR count). The monoisotopic (exact) mass is 142 g/mol. The lowest BCUT2D eigenvalue weighted by Gasteiger charge is -2.13. The molecule has 3 nitrogen and oxygen atoms in total. The first-order valence-electron chi connectivity index (χ1n) is 3.84. The van der Waals surface area contributed by atoms with Gasteiger partial charge in [-0.15, -0.1) is 0 Å². The molecular formula is C7H14N2O. The van der Waals surface area contributed by atoms with E-state index in [2.05, 4.69) is 17.2 Å². The average molecular weight is 142 g/mol. The van der Waals surface area contributed by atoms with E-state index in [0.717, 1.165) is 38.6 Å². The molecule has 1 aliphatic rings. The second kappa shape index (κ2) is 4.14. The fourth-order valence-electron chi connectivity index (χ4n) is 0.806. The summed E-state index contributed by atoms with van der Waals surface area (Å²) in [6.07, 6.45) is 2.17. The van der Waals surface area contributed by atoms with Crippen molar-refractivity contribution in [1.82, 2.24) is 5.32 Å². The first kappa shape index (κ1) is 7.38. The summed E-state index contributed by atoms with van der Waals surface area (Å²) < 4.78 is 5.27. The summed E-state index contributed by atoms with van der Waals surface area (Å²) in [4.78, 5) is 4.15. The number of ether oxygens (including phenoxy) is 1.